The molecule has 0 bridgehead atoms. The van der Waals surface area contributed by atoms with E-state index in [0.717, 1.165) is 15.8 Å². The first-order valence-electron chi connectivity index (χ1n) is 10.0. The summed E-state index contributed by atoms with van der Waals surface area (Å²) in [4.78, 5) is 38.7. The van der Waals surface area contributed by atoms with E-state index in [9.17, 15) is 19.5 Å². The minimum atomic E-state index is -1.28. The molecule has 2 N–H and O–H groups in total. The van der Waals surface area contributed by atoms with Gasteiger partial charge in [0.1, 0.15) is 0 Å². The molecule has 32 heavy (non-hydrogen) atoms. The Hall–Kier alpha value is -4.26. The van der Waals surface area contributed by atoms with Crippen LogP contribution in [0, 0.1) is 13.8 Å². The van der Waals surface area contributed by atoms with Crippen LogP contribution < -0.4 is 10.9 Å². The van der Waals surface area contributed by atoms with Crippen molar-refractivity contribution in [2.45, 2.75) is 19.9 Å². The molecule has 7 nitrogen and oxygen atoms in total. The van der Waals surface area contributed by atoms with E-state index in [2.05, 4.69) is 10.4 Å². The van der Waals surface area contributed by atoms with Crippen molar-refractivity contribution in [3.8, 4) is 0 Å². The van der Waals surface area contributed by atoms with Crippen molar-refractivity contribution < 1.29 is 14.7 Å². The molecule has 1 unspecified atom stereocenters. The molecule has 0 aliphatic carbocycles. The van der Waals surface area contributed by atoms with E-state index in [1.165, 1.54) is 12.1 Å². The minimum Gasteiger partial charge on any atom is -0.476 e. The third-order valence-electron chi connectivity index (χ3n) is 5.29. The predicted molar refractivity (Wildman–Crippen MR) is 122 cm³/mol. The lowest BCUT2D eigenvalue weighted by atomic mass is 10.0. The van der Waals surface area contributed by atoms with Gasteiger partial charge in [-0.25, -0.2) is 9.48 Å². The Labute approximate surface area is 183 Å². The summed E-state index contributed by atoms with van der Waals surface area (Å²) in [6.45, 7) is 3.79. The van der Waals surface area contributed by atoms with E-state index >= 15 is 0 Å². The largest absolute Gasteiger partial charge is 0.476 e. The average molecular weight is 427 g/mol. The van der Waals surface area contributed by atoms with E-state index in [1.54, 1.807) is 42.5 Å². The van der Waals surface area contributed by atoms with Gasteiger partial charge in [-0.15, -0.1) is 0 Å². The molecular formula is C25H21N3O4. The van der Waals surface area contributed by atoms with Crippen LogP contribution in [0.15, 0.2) is 77.6 Å². The number of carbonyl (C=O) groups excluding carboxylic acids is 1. The van der Waals surface area contributed by atoms with Crippen molar-refractivity contribution >= 4 is 28.3 Å². The highest BCUT2D eigenvalue weighted by Crippen LogP contribution is 2.23. The highest BCUT2D eigenvalue weighted by Gasteiger charge is 2.28. The highest BCUT2D eigenvalue weighted by atomic mass is 16.4. The molecular weight excluding hydrogens is 406 g/mol. The molecule has 0 radical (unpaired) electrons. The Bertz CT molecular complexity index is 1390. The molecule has 0 fully saturated rings. The number of benzene rings is 3. The van der Waals surface area contributed by atoms with Gasteiger partial charge in [-0.3, -0.25) is 9.59 Å². The van der Waals surface area contributed by atoms with Gasteiger partial charge in [0.05, 0.1) is 5.39 Å². The van der Waals surface area contributed by atoms with Crippen LogP contribution in [0.1, 0.15) is 33.2 Å². The first kappa shape index (κ1) is 21.0. The number of hydrogen-bond acceptors (Lipinski definition) is 4. The molecule has 1 aromatic heterocycles. The fourth-order valence-electron chi connectivity index (χ4n) is 3.65. The van der Waals surface area contributed by atoms with Gasteiger partial charge in [-0.2, -0.15) is 5.10 Å². The molecule has 0 aliphatic heterocycles. The Kier molecular flexibility index (Phi) is 5.55. The number of nitrogens with zero attached hydrogens (tertiary/aromatic N) is 2. The second-order valence-corrected chi connectivity index (χ2v) is 7.57. The van der Waals surface area contributed by atoms with Crippen LogP contribution in [-0.2, 0) is 4.79 Å². The number of carboxylic acids is 1. The summed E-state index contributed by atoms with van der Waals surface area (Å²) in [6, 6.07) is 19.6. The third-order valence-corrected chi connectivity index (χ3v) is 5.29. The van der Waals surface area contributed by atoms with Crippen LogP contribution in [0.2, 0.25) is 0 Å². The van der Waals surface area contributed by atoms with E-state index < -0.39 is 23.5 Å². The van der Waals surface area contributed by atoms with Crippen LogP contribution in [0.5, 0.6) is 0 Å². The second kappa shape index (κ2) is 8.47. The average Bonchev–Trinajstić information content (AvgIpc) is 2.78. The SMILES string of the molecule is Cc1ccc(C)c(NC(=O)C(c2ccccc2)n2nc(C(=O)O)c3ccccc3c2=O)c1. The van der Waals surface area contributed by atoms with Gasteiger partial charge in [0.25, 0.3) is 11.5 Å². The number of hydrogen-bond donors (Lipinski definition) is 2. The first-order chi connectivity index (χ1) is 15.4. The minimum absolute atomic E-state index is 0.181. The maximum Gasteiger partial charge on any atom is 0.357 e. The number of amides is 1. The molecule has 160 valence electrons. The fraction of sp³-hybridized carbons (Fsp3) is 0.120. The molecule has 3 aromatic carbocycles. The number of aromatic nitrogens is 2. The normalized spacial score (nSPS) is 11.8. The highest BCUT2D eigenvalue weighted by molar-refractivity contribution is 6.01. The van der Waals surface area contributed by atoms with E-state index in [-0.39, 0.29) is 16.5 Å². The van der Waals surface area contributed by atoms with Crippen LogP contribution in [0.4, 0.5) is 5.69 Å². The zero-order valence-corrected chi connectivity index (χ0v) is 17.6. The van der Waals surface area contributed by atoms with Gasteiger partial charge >= 0.3 is 5.97 Å². The standard InChI is InChI=1S/C25H21N3O4/c1-15-12-13-16(2)20(14-15)26-23(29)22(17-8-4-3-5-9-17)28-24(30)19-11-7-6-10-18(19)21(27-28)25(31)32/h3-14,22H,1-2H3,(H,26,29)(H,31,32). The van der Waals surface area contributed by atoms with Gasteiger partial charge in [-0.1, -0.05) is 60.7 Å². The lowest BCUT2D eigenvalue weighted by Crippen LogP contribution is -2.37. The summed E-state index contributed by atoms with van der Waals surface area (Å²) in [7, 11) is 0. The number of carboxylic acid groups (broad SMARTS) is 1. The number of fused-ring (bicyclic) bond motifs is 1. The molecule has 0 aliphatic rings. The van der Waals surface area contributed by atoms with Crippen molar-refractivity contribution in [2.24, 2.45) is 0 Å². The number of carbonyl (C=O) groups is 2. The summed E-state index contributed by atoms with van der Waals surface area (Å²) in [5, 5.41) is 17.1. The number of anilines is 1. The van der Waals surface area contributed by atoms with Gasteiger partial charge in [0, 0.05) is 11.1 Å². The number of aromatic carboxylic acids is 1. The maximum absolute atomic E-state index is 13.5. The zero-order chi connectivity index (χ0) is 22.8. The summed E-state index contributed by atoms with van der Waals surface area (Å²) >= 11 is 0. The quantitative estimate of drug-likeness (QED) is 0.502. The van der Waals surface area contributed by atoms with Crippen LogP contribution in [0.3, 0.4) is 0 Å². The van der Waals surface area contributed by atoms with E-state index in [4.69, 9.17) is 0 Å². The summed E-state index contributed by atoms with van der Waals surface area (Å²) in [6.07, 6.45) is 0. The molecule has 7 heteroatoms. The Morgan fingerprint density at radius 2 is 1.59 bits per heavy atom. The molecule has 0 saturated carbocycles. The summed E-state index contributed by atoms with van der Waals surface area (Å²) in [5.74, 6) is -1.78. The van der Waals surface area contributed by atoms with Crippen LogP contribution in [-0.4, -0.2) is 26.8 Å². The van der Waals surface area contributed by atoms with Crippen molar-refractivity contribution in [3.05, 3.63) is 106 Å². The molecule has 1 atom stereocenters. The zero-order valence-electron chi connectivity index (χ0n) is 17.6. The second-order valence-electron chi connectivity index (χ2n) is 7.57. The smallest absolute Gasteiger partial charge is 0.357 e. The topological polar surface area (TPSA) is 101 Å². The number of nitrogens with one attached hydrogen (secondary N) is 1. The summed E-state index contributed by atoms with van der Waals surface area (Å²) in [5.41, 5.74) is 2.12. The number of rotatable bonds is 5. The van der Waals surface area contributed by atoms with Gasteiger partial charge in [0.15, 0.2) is 11.7 Å². The van der Waals surface area contributed by atoms with Gasteiger partial charge < -0.3 is 10.4 Å². The Morgan fingerprint density at radius 3 is 2.28 bits per heavy atom. The van der Waals surface area contributed by atoms with Crippen molar-refractivity contribution in [2.75, 3.05) is 5.32 Å². The lowest BCUT2D eigenvalue weighted by Gasteiger charge is -2.21. The lowest BCUT2D eigenvalue weighted by molar-refractivity contribution is -0.118. The number of aryl methyl sites for hydroxylation is 2. The third kappa shape index (κ3) is 3.88. The Morgan fingerprint density at radius 1 is 0.938 bits per heavy atom. The van der Waals surface area contributed by atoms with E-state index in [0.29, 0.717) is 11.3 Å². The fourth-order valence-corrected chi connectivity index (χ4v) is 3.65. The van der Waals surface area contributed by atoms with Crippen LogP contribution in [0.25, 0.3) is 10.8 Å². The van der Waals surface area contributed by atoms with Crippen molar-refractivity contribution in [1.29, 1.82) is 0 Å². The molecule has 0 saturated heterocycles. The summed E-state index contributed by atoms with van der Waals surface area (Å²) < 4.78 is 0.960. The van der Waals surface area contributed by atoms with E-state index in [1.807, 2.05) is 32.0 Å². The predicted octanol–water partition coefficient (Wildman–Crippen LogP) is 3.94. The van der Waals surface area contributed by atoms with Crippen LogP contribution >= 0.6 is 0 Å². The van der Waals surface area contributed by atoms with Gasteiger partial charge in [0.2, 0.25) is 0 Å². The van der Waals surface area contributed by atoms with Crippen molar-refractivity contribution in [3.63, 3.8) is 0 Å². The molecule has 1 heterocycles. The maximum atomic E-state index is 13.5. The monoisotopic (exact) mass is 427 g/mol. The molecule has 4 rings (SSSR count). The molecule has 1 amide bonds. The van der Waals surface area contributed by atoms with Crippen molar-refractivity contribution in [1.82, 2.24) is 9.78 Å². The van der Waals surface area contributed by atoms with Gasteiger partial charge in [-0.05, 0) is 42.7 Å². The molecule has 4 aromatic rings. The first-order valence-corrected chi connectivity index (χ1v) is 10.0. The molecule has 0 spiro atoms. The Balaban J connectivity index is 1.92.